The molecule has 0 radical (unpaired) electrons. The molecule has 1 aromatic rings. The summed E-state index contributed by atoms with van der Waals surface area (Å²) in [4.78, 5) is 0. The summed E-state index contributed by atoms with van der Waals surface area (Å²) in [6.45, 7) is 3.70. The van der Waals surface area contributed by atoms with E-state index in [0.717, 1.165) is 11.6 Å². The minimum Gasteiger partial charge on any atom is -0.150 e. The third-order valence-corrected chi connectivity index (χ3v) is 3.28. The predicted octanol–water partition coefficient (Wildman–Crippen LogP) is 3.11. The first-order valence-electron chi connectivity index (χ1n) is 3.72. The van der Waals surface area contributed by atoms with Crippen LogP contribution in [0.4, 0.5) is 0 Å². The Morgan fingerprint density at radius 2 is 2.17 bits per heavy atom. The molecule has 0 nitrogen and oxygen atoms in total. The van der Waals surface area contributed by atoms with Crippen LogP contribution in [0.2, 0.25) is 0 Å². The fourth-order valence-electron chi connectivity index (χ4n) is 1.03. The first-order valence-corrected chi connectivity index (χ1v) is 8.02. The molecule has 0 aromatic heterocycles. The third kappa shape index (κ3) is 3.01. The van der Waals surface area contributed by atoms with E-state index >= 15 is 0 Å². The average Bonchev–Trinajstić information content (AvgIpc) is 2.03. The van der Waals surface area contributed by atoms with Gasteiger partial charge in [-0.15, -0.1) is 22.2 Å². The van der Waals surface area contributed by atoms with Crippen molar-refractivity contribution in [3.8, 4) is 0 Å². The topological polar surface area (TPSA) is 0 Å². The molecule has 0 aliphatic heterocycles. The molecule has 0 amide bonds. The van der Waals surface area contributed by atoms with E-state index in [1.807, 2.05) is 24.3 Å². The minimum absolute atomic E-state index is 0.824. The summed E-state index contributed by atoms with van der Waals surface area (Å²) in [5.41, 5.74) is 2.32. The molecule has 0 aliphatic rings. The fourth-order valence-corrected chi connectivity index (χ4v) is 2.70. The van der Waals surface area contributed by atoms with E-state index in [1.165, 1.54) is 5.56 Å². The van der Waals surface area contributed by atoms with Crippen LogP contribution in [0.3, 0.4) is 0 Å². The average molecular weight is 217 g/mol. The van der Waals surface area contributed by atoms with Crippen molar-refractivity contribution < 1.29 is 0 Å². The molecule has 1 rings (SSSR count). The summed E-state index contributed by atoms with van der Waals surface area (Å²) in [5.74, 6) is 0. The highest BCUT2D eigenvalue weighted by atomic mass is 35.7. The van der Waals surface area contributed by atoms with E-state index in [0.29, 0.717) is 0 Å². The van der Waals surface area contributed by atoms with Crippen LogP contribution in [0.25, 0.3) is 6.08 Å². The maximum Gasteiger partial charge on any atom is 0.241 e. The number of rotatable bonds is 3. The molecular weight excluding hydrogens is 207 g/mol. The molecule has 0 bridgehead atoms. The summed E-state index contributed by atoms with van der Waals surface area (Å²) in [7, 11) is -1.52. The monoisotopic (exact) mass is 216 g/mol. The van der Waals surface area contributed by atoms with Gasteiger partial charge in [0, 0.05) is 0 Å². The van der Waals surface area contributed by atoms with Crippen LogP contribution in [0.5, 0.6) is 0 Å². The van der Waals surface area contributed by atoms with Crippen LogP contribution in [0.15, 0.2) is 30.8 Å². The molecule has 0 fully saturated rings. The van der Waals surface area contributed by atoms with Crippen molar-refractivity contribution in [2.75, 3.05) is 0 Å². The fraction of sp³-hybridized carbons (Fsp3) is 0.111. The van der Waals surface area contributed by atoms with Gasteiger partial charge in [0.1, 0.15) is 0 Å². The van der Waals surface area contributed by atoms with Gasteiger partial charge in [0.25, 0.3) is 0 Å². The molecule has 0 atom stereocenters. The Morgan fingerprint density at radius 1 is 1.42 bits per heavy atom. The zero-order chi connectivity index (χ0) is 8.97. The Bertz CT molecular complexity index is 271. The molecule has 0 spiro atoms. The quantitative estimate of drug-likeness (QED) is 0.539. The molecule has 12 heavy (non-hydrogen) atoms. The number of hydrogen-bond acceptors (Lipinski definition) is 0. The number of halogens is 2. The van der Waals surface area contributed by atoms with Gasteiger partial charge in [-0.05, 0) is 17.2 Å². The third-order valence-electron chi connectivity index (χ3n) is 1.58. The minimum atomic E-state index is -1.52. The van der Waals surface area contributed by atoms with Crippen molar-refractivity contribution in [1.82, 2.24) is 0 Å². The smallest absolute Gasteiger partial charge is 0.150 e. The maximum atomic E-state index is 5.79. The van der Waals surface area contributed by atoms with Gasteiger partial charge in [-0.25, -0.2) is 0 Å². The van der Waals surface area contributed by atoms with Gasteiger partial charge in [-0.3, -0.25) is 0 Å². The lowest BCUT2D eigenvalue weighted by Crippen LogP contribution is -1.99. The molecule has 0 heterocycles. The molecule has 1 aromatic carbocycles. The van der Waals surface area contributed by atoms with Gasteiger partial charge >= 0.3 is 0 Å². The van der Waals surface area contributed by atoms with Gasteiger partial charge in [-0.1, -0.05) is 36.9 Å². The molecule has 0 N–H and O–H groups in total. The first kappa shape index (κ1) is 9.84. The van der Waals surface area contributed by atoms with Crippen molar-refractivity contribution in [1.29, 1.82) is 0 Å². The van der Waals surface area contributed by atoms with Crippen LogP contribution in [0.1, 0.15) is 11.1 Å². The van der Waals surface area contributed by atoms with Crippen LogP contribution >= 0.6 is 22.2 Å². The summed E-state index contributed by atoms with van der Waals surface area (Å²) >= 11 is 11.6. The second-order valence-electron chi connectivity index (χ2n) is 2.54. The molecule has 0 saturated heterocycles. The van der Waals surface area contributed by atoms with Crippen molar-refractivity contribution in [3.63, 3.8) is 0 Å². The summed E-state index contributed by atoms with van der Waals surface area (Å²) < 4.78 is 0. The molecule has 0 unspecified atom stereocenters. The lowest BCUT2D eigenvalue weighted by Gasteiger charge is -2.01. The van der Waals surface area contributed by atoms with Crippen molar-refractivity contribution in [2.45, 2.75) is 6.04 Å². The highest BCUT2D eigenvalue weighted by molar-refractivity contribution is 7.33. The van der Waals surface area contributed by atoms with Crippen LogP contribution in [0, 0.1) is 0 Å². The Labute approximate surface area is 83.8 Å². The molecular formula is C9H10Cl2Si. The lowest BCUT2D eigenvalue weighted by atomic mass is 10.1. The van der Waals surface area contributed by atoms with Crippen LogP contribution in [-0.2, 0) is 6.04 Å². The zero-order valence-electron chi connectivity index (χ0n) is 6.63. The maximum absolute atomic E-state index is 5.79. The first-order chi connectivity index (χ1) is 5.72. The molecule has 64 valence electrons. The zero-order valence-corrected chi connectivity index (χ0v) is 9.30. The summed E-state index contributed by atoms with van der Waals surface area (Å²) in [6.07, 6.45) is 1.82. The Morgan fingerprint density at radius 3 is 2.75 bits per heavy atom. The van der Waals surface area contributed by atoms with Crippen LogP contribution in [-0.4, -0.2) is 7.42 Å². The Hall–Kier alpha value is -0.243. The van der Waals surface area contributed by atoms with Gasteiger partial charge < -0.3 is 0 Å². The number of benzene rings is 1. The molecule has 0 aliphatic carbocycles. The standard InChI is InChI=1S/C9H10Cl2Si/c1-2-8-4-3-5-9(6-8)7-12(10)11/h2-6,12H,1,7H2. The van der Waals surface area contributed by atoms with Gasteiger partial charge in [0.15, 0.2) is 0 Å². The van der Waals surface area contributed by atoms with Crippen molar-refractivity contribution in [3.05, 3.63) is 42.0 Å². The normalized spacial score (nSPS) is 10.2. The van der Waals surface area contributed by atoms with Gasteiger partial charge in [0.05, 0.1) is 0 Å². The number of hydrogen-bond donors (Lipinski definition) is 0. The largest absolute Gasteiger partial charge is 0.241 e. The van der Waals surface area contributed by atoms with Crippen molar-refractivity contribution >= 4 is 35.7 Å². The Balaban J connectivity index is 2.79. The molecule has 3 heteroatoms. The van der Waals surface area contributed by atoms with E-state index in [4.69, 9.17) is 22.2 Å². The highest BCUT2D eigenvalue weighted by Gasteiger charge is 2.03. The summed E-state index contributed by atoms with van der Waals surface area (Å²) in [6, 6.07) is 8.94. The van der Waals surface area contributed by atoms with Gasteiger partial charge in [0.2, 0.25) is 7.42 Å². The van der Waals surface area contributed by atoms with Crippen LogP contribution < -0.4 is 0 Å². The summed E-state index contributed by atoms with van der Waals surface area (Å²) in [5, 5.41) is 0. The van der Waals surface area contributed by atoms with Gasteiger partial charge in [-0.2, -0.15) is 0 Å². The SMILES string of the molecule is C=Cc1cccc(C[SiH](Cl)Cl)c1. The highest BCUT2D eigenvalue weighted by Crippen LogP contribution is 2.11. The van der Waals surface area contributed by atoms with E-state index in [1.54, 1.807) is 0 Å². The predicted molar refractivity (Wildman–Crippen MR) is 59.1 cm³/mol. The van der Waals surface area contributed by atoms with E-state index < -0.39 is 7.42 Å². The molecule has 0 saturated carbocycles. The second-order valence-corrected chi connectivity index (χ2v) is 7.57. The van der Waals surface area contributed by atoms with E-state index in [-0.39, 0.29) is 0 Å². The second kappa shape index (κ2) is 4.70. The van der Waals surface area contributed by atoms with E-state index in [9.17, 15) is 0 Å². The van der Waals surface area contributed by atoms with E-state index in [2.05, 4.69) is 12.6 Å². The Kier molecular flexibility index (Phi) is 3.86. The van der Waals surface area contributed by atoms with Crippen molar-refractivity contribution in [2.24, 2.45) is 0 Å². The lowest BCUT2D eigenvalue weighted by molar-refractivity contribution is 1.38.